The second kappa shape index (κ2) is 6.45. The molecule has 4 saturated carbocycles. The average molecular weight is 386 g/mol. The number of rotatable bonds is 4. The Morgan fingerprint density at radius 3 is 2.38 bits per heavy atom. The lowest BCUT2D eigenvalue weighted by Gasteiger charge is -2.56. The number of anilines is 1. The second-order valence-corrected chi connectivity index (χ2v) is 9.71. The number of fused-ring (bicyclic) bond motifs is 1. The molecule has 1 N–H and O–H groups in total. The number of nitrogens with zero attached hydrogens (tertiary/aromatic N) is 1. The Morgan fingerprint density at radius 2 is 1.69 bits per heavy atom. The molecule has 4 aliphatic rings. The first kappa shape index (κ1) is 17.3. The Balaban J connectivity index is 1.19. The van der Waals surface area contributed by atoms with Crippen LogP contribution in [0.15, 0.2) is 52.9 Å². The minimum atomic E-state index is 0.151. The van der Waals surface area contributed by atoms with Gasteiger partial charge in [-0.2, -0.15) is 0 Å². The van der Waals surface area contributed by atoms with Gasteiger partial charge in [0.1, 0.15) is 5.52 Å². The van der Waals surface area contributed by atoms with Crippen molar-refractivity contribution in [2.75, 3.05) is 5.32 Å². The Morgan fingerprint density at radius 1 is 1.00 bits per heavy atom. The first-order valence-corrected chi connectivity index (χ1v) is 10.9. The van der Waals surface area contributed by atoms with Crippen LogP contribution in [0.25, 0.3) is 22.6 Å². The maximum Gasteiger partial charge on any atom is 0.227 e. The summed E-state index contributed by atoms with van der Waals surface area (Å²) in [5.74, 6) is 3.38. The Kier molecular flexibility index (Phi) is 3.84. The molecule has 0 radical (unpaired) electrons. The summed E-state index contributed by atoms with van der Waals surface area (Å²) >= 11 is 0. The summed E-state index contributed by atoms with van der Waals surface area (Å²) in [6.45, 7) is 0. The number of benzene rings is 2. The van der Waals surface area contributed by atoms with Crippen LogP contribution in [-0.2, 0) is 4.79 Å². The van der Waals surface area contributed by atoms with Crippen molar-refractivity contribution in [2.45, 2.75) is 44.9 Å². The normalized spacial score (nSPS) is 30.0. The fourth-order valence-electron chi connectivity index (χ4n) is 6.76. The molecule has 1 aromatic heterocycles. The van der Waals surface area contributed by atoms with E-state index in [1.165, 1.54) is 38.5 Å². The van der Waals surface area contributed by atoms with Crippen LogP contribution in [-0.4, -0.2) is 10.9 Å². The van der Waals surface area contributed by atoms with Crippen molar-refractivity contribution in [1.29, 1.82) is 0 Å². The largest absolute Gasteiger partial charge is 0.436 e. The molecule has 0 spiro atoms. The molecule has 0 unspecified atom stereocenters. The van der Waals surface area contributed by atoms with Gasteiger partial charge in [0, 0.05) is 17.7 Å². The topological polar surface area (TPSA) is 55.1 Å². The monoisotopic (exact) mass is 386 g/mol. The number of nitrogens with one attached hydrogen (secondary N) is 1. The molecule has 0 saturated heterocycles. The van der Waals surface area contributed by atoms with E-state index in [0.717, 1.165) is 40.1 Å². The molecule has 4 fully saturated rings. The highest BCUT2D eigenvalue weighted by Crippen LogP contribution is 2.61. The van der Waals surface area contributed by atoms with Gasteiger partial charge >= 0.3 is 0 Å². The molecule has 7 rings (SSSR count). The Bertz CT molecular complexity index is 1030. The smallest absolute Gasteiger partial charge is 0.227 e. The van der Waals surface area contributed by atoms with Crippen LogP contribution in [0.5, 0.6) is 0 Å². The van der Waals surface area contributed by atoms with E-state index in [1.807, 2.05) is 48.5 Å². The van der Waals surface area contributed by atoms with Gasteiger partial charge in [-0.25, -0.2) is 4.98 Å². The van der Waals surface area contributed by atoms with Gasteiger partial charge in [-0.3, -0.25) is 4.79 Å². The van der Waals surface area contributed by atoms with E-state index in [2.05, 4.69) is 10.3 Å². The summed E-state index contributed by atoms with van der Waals surface area (Å²) in [5.41, 5.74) is 3.53. The lowest BCUT2D eigenvalue weighted by Crippen LogP contribution is -2.47. The van der Waals surface area contributed by atoms with Crippen LogP contribution in [0.2, 0.25) is 0 Å². The summed E-state index contributed by atoms with van der Waals surface area (Å²) in [6, 6.07) is 15.6. The molecule has 148 valence electrons. The van der Waals surface area contributed by atoms with Gasteiger partial charge in [-0.05, 0) is 92.0 Å². The van der Waals surface area contributed by atoms with Crippen LogP contribution >= 0.6 is 0 Å². The van der Waals surface area contributed by atoms with Crippen LogP contribution in [0.1, 0.15) is 44.9 Å². The summed E-state index contributed by atoms with van der Waals surface area (Å²) in [6.07, 6.45) is 8.68. The number of amides is 1. The molecule has 1 amide bonds. The quantitative estimate of drug-likeness (QED) is 0.595. The van der Waals surface area contributed by atoms with Gasteiger partial charge in [0.05, 0.1) is 0 Å². The van der Waals surface area contributed by atoms with Gasteiger partial charge in [-0.1, -0.05) is 18.2 Å². The molecule has 4 aliphatic carbocycles. The molecule has 3 aromatic rings. The molecule has 4 bridgehead atoms. The molecule has 1 heterocycles. The second-order valence-electron chi connectivity index (χ2n) is 9.71. The number of aromatic nitrogens is 1. The minimum absolute atomic E-state index is 0.151. The highest BCUT2D eigenvalue weighted by atomic mass is 16.3. The lowest BCUT2D eigenvalue weighted by molar-refractivity contribution is -0.124. The van der Waals surface area contributed by atoms with Crippen molar-refractivity contribution in [3.63, 3.8) is 0 Å². The average Bonchev–Trinajstić information content (AvgIpc) is 3.10. The van der Waals surface area contributed by atoms with Gasteiger partial charge in [0.2, 0.25) is 11.8 Å². The van der Waals surface area contributed by atoms with Gasteiger partial charge in [0.15, 0.2) is 5.58 Å². The Labute approximate surface area is 170 Å². The molecule has 29 heavy (non-hydrogen) atoms. The molecule has 4 heteroatoms. The predicted molar refractivity (Wildman–Crippen MR) is 113 cm³/mol. The summed E-state index contributed by atoms with van der Waals surface area (Å²) < 4.78 is 5.88. The van der Waals surface area contributed by atoms with Crippen LogP contribution in [0.4, 0.5) is 5.69 Å². The van der Waals surface area contributed by atoms with Crippen molar-refractivity contribution in [2.24, 2.45) is 23.2 Å². The minimum Gasteiger partial charge on any atom is -0.436 e. The molecular formula is C25H26N2O2. The molecule has 0 atom stereocenters. The van der Waals surface area contributed by atoms with Crippen LogP contribution < -0.4 is 5.32 Å². The summed E-state index contributed by atoms with van der Waals surface area (Å²) in [7, 11) is 0. The van der Waals surface area contributed by atoms with E-state index >= 15 is 0 Å². The van der Waals surface area contributed by atoms with Crippen molar-refractivity contribution >= 4 is 22.7 Å². The number of carbonyl (C=O) groups is 1. The predicted octanol–water partition coefficient (Wildman–Crippen LogP) is 6.04. The first-order chi connectivity index (χ1) is 14.1. The van der Waals surface area contributed by atoms with E-state index in [9.17, 15) is 4.79 Å². The van der Waals surface area contributed by atoms with Gasteiger partial charge in [-0.15, -0.1) is 0 Å². The number of oxazole rings is 1. The maximum absolute atomic E-state index is 12.9. The van der Waals surface area contributed by atoms with Gasteiger partial charge < -0.3 is 9.73 Å². The zero-order chi connectivity index (χ0) is 19.4. The maximum atomic E-state index is 12.9. The van der Waals surface area contributed by atoms with Crippen molar-refractivity contribution in [1.82, 2.24) is 4.98 Å². The van der Waals surface area contributed by atoms with Crippen LogP contribution in [0.3, 0.4) is 0 Å². The highest BCUT2D eigenvalue weighted by Gasteiger charge is 2.51. The van der Waals surface area contributed by atoms with E-state index in [-0.39, 0.29) is 11.3 Å². The number of hydrogen-bond donors (Lipinski definition) is 1. The SMILES string of the molecule is O=C(CC12CC3CC(CC(C3)C1)C2)Nc1ccc2oc(-c3ccccc3)nc2c1. The third kappa shape index (κ3) is 3.15. The fraction of sp³-hybridized carbons (Fsp3) is 0.440. The standard InChI is InChI=1S/C25H26N2O2/c28-23(15-25-12-16-8-17(13-25)10-18(9-16)14-25)26-20-6-7-22-21(11-20)27-24(29-22)19-4-2-1-3-5-19/h1-7,11,16-18H,8-10,12-15H2,(H,26,28). The van der Waals surface area contributed by atoms with E-state index < -0.39 is 0 Å². The summed E-state index contributed by atoms with van der Waals surface area (Å²) in [5, 5.41) is 3.14. The van der Waals surface area contributed by atoms with E-state index in [0.29, 0.717) is 12.3 Å². The van der Waals surface area contributed by atoms with Crippen molar-refractivity contribution < 1.29 is 9.21 Å². The van der Waals surface area contributed by atoms with Gasteiger partial charge in [0.25, 0.3) is 0 Å². The third-order valence-corrected chi connectivity index (χ3v) is 7.39. The highest BCUT2D eigenvalue weighted by molar-refractivity contribution is 5.93. The first-order valence-electron chi connectivity index (χ1n) is 10.9. The number of hydrogen-bond acceptors (Lipinski definition) is 3. The zero-order valence-electron chi connectivity index (χ0n) is 16.6. The van der Waals surface area contributed by atoms with E-state index in [4.69, 9.17) is 4.42 Å². The summed E-state index contributed by atoms with van der Waals surface area (Å²) in [4.78, 5) is 17.5. The lowest BCUT2D eigenvalue weighted by atomic mass is 9.49. The third-order valence-electron chi connectivity index (χ3n) is 7.39. The molecule has 2 aromatic carbocycles. The fourth-order valence-corrected chi connectivity index (χ4v) is 6.76. The van der Waals surface area contributed by atoms with Crippen LogP contribution in [0, 0.1) is 23.2 Å². The Hall–Kier alpha value is -2.62. The van der Waals surface area contributed by atoms with Crippen molar-refractivity contribution in [3.8, 4) is 11.5 Å². The zero-order valence-corrected chi connectivity index (χ0v) is 16.6. The number of carbonyl (C=O) groups excluding carboxylic acids is 1. The molecular weight excluding hydrogens is 360 g/mol. The van der Waals surface area contributed by atoms with E-state index in [1.54, 1.807) is 0 Å². The molecule has 0 aliphatic heterocycles. The van der Waals surface area contributed by atoms with Crippen molar-refractivity contribution in [3.05, 3.63) is 48.5 Å². The molecule has 4 nitrogen and oxygen atoms in total.